The van der Waals surface area contributed by atoms with Gasteiger partial charge in [0.2, 0.25) is 5.91 Å². The number of carbonyl (C=O) groups excluding carboxylic acids is 3. The molecule has 7 nitrogen and oxygen atoms in total. The number of allylic oxidation sites excluding steroid dienone is 2. The molecular weight excluding hydrogens is 380 g/mol. The van der Waals surface area contributed by atoms with E-state index in [4.69, 9.17) is 0 Å². The first-order chi connectivity index (χ1) is 14.3. The van der Waals surface area contributed by atoms with Gasteiger partial charge in [-0.05, 0) is 48.4 Å². The molecule has 30 heavy (non-hydrogen) atoms. The number of benzene rings is 2. The van der Waals surface area contributed by atoms with E-state index in [2.05, 4.69) is 10.6 Å². The highest BCUT2D eigenvalue weighted by Crippen LogP contribution is 2.15. The van der Waals surface area contributed by atoms with Gasteiger partial charge in [0.05, 0.1) is 0 Å². The van der Waals surface area contributed by atoms with Crippen LogP contribution in [0.5, 0.6) is 0 Å². The van der Waals surface area contributed by atoms with E-state index in [0.29, 0.717) is 5.69 Å². The lowest BCUT2D eigenvalue weighted by molar-refractivity contribution is -0.127. The maximum absolute atomic E-state index is 12.5. The molecule has 0 bridgehead atoms. The number of rotatable bonds is 6. The lowest BCUT2D eigenvalue weighted by atomic mass is 10.2. The summed E-state index contributed by atoms with van der Waals surface area (Å²) in [5.74, 6) is -0.978. The summed E-state index contributed by atoms with van der Waals surface area (Å²) in [4.78, 5) is 39.7. The molecule has 1 heterocycles. The molecule has 7 heteroatoms. The second kappa shape index (κ2) is 9.09. The molecule has 0 spiro atoms. The van der Waals surface area contributed by atoms with Gasteiger partial charge in [-0.1, -0.05) is 36.4 Å². The minimum Gasteiger partial charge on any atom is -0.378 e. The zero-order valence-electron chi connectivity index (χ0n) is 17.2. The lowest BCUT2D eigenvalue weighted by Crippen LogP contribution is -2.38. The molecule has 2 N–H and O–H groups in total. The molecule has 2 aromatic rings. The molecular formula is C23H24N4O3. The molecule has 1 aliphatic rings. The number of carbonyl (C=O) groups is 3. The number of nitrogens with zero attached hydrogens (tertiary/aromatic N) is 2. The Morgan fingerprint density at radius 1 is 1.13 bits per heavy atom. The average molecular weight is 404 g/mol. The fraction of sp³-hybridized carbons (Fsp3) is 0.174. The van der Waals surface area contributed by atoms with Crippen LogP contribution >= 0.6 is 0 Å². The van der Waals surface area contributed by atoms with Crippen molar-refractivity contribution in [1.29, 1.82) is 0 Å². The van der Waals surface area contributed by atoms with Crippen molar-refractivity contribution in [3.8, 4) is 0 Å². The average Bonchev–Trinajstić information content (AvgIpc) is 2.96. The molecule has 1 aliphatic heterocycles. The van der Waals surface area contributed by atoms with Crippen LogP contribution in [-0.4, -0.2) is 43.4 Å². The number of imide groups is 1. The van der Waals surface area contributed by atoms with Crippen molar-refractivity contribution in [2.75, 3.05) is 30.9 Å². The summed E-state index contributed by atoms with van der Waals surface area (Å²) in [6.45, 7) is 1.56. The Morgan fingerprint density at radius 2 is 1.87 bits per heavy atom. The summed E-state index contributed by atoms with van der Waals surface area (Å²) >= 11 is 0. The van der Waals surface area contributed by atoms with Crippen molar-refractivity contribution >= 4 is 35.3 Å². The van der Waals surface area contributed by atoms with Crippen LogP contribution in [-0.2, 0) is 9.59 Å². The Hall–Kier alpha value is -3.87. The van der Waals surface area contributed by atoms with Crippen LogP contribution in [0.2, 0.25) is 0 Å². The number of urea groups is 1. The fourth-order valence-corrected chi connectivity index (χ4v) is 2.94. The van der Waals surface area contributed by atoms with Gasteiger partial charge < -0.3 is 15.5 Å². The number of aryl methyl sites for hydroxylation is 1. The Bertz CT molecular complexity index is 1020. The molecule has 1 saturated heterocycles. The van der Waals surface area contributed by atoms with Crippen molar-refractivity contribution in [2.24, 2.45) is 0 Å². The maximum atomic E-state index is 12.5. The predicted molar refractivity (Wildman–Crippen MR) is 118 cm³/mol. The van der Waals surface area contributed by atoms with Crippen LogP contribution in [0.4, 0.5) is 16.2 Å². The van der Waals surface area contributed by atoms with Gasteiger partial charge in [0.15, 0.2) is 0 Å². The summed E-state index contributed by atoms with van der Waals surface area (Å²) in [6, 6.07) is 14.6. The number of anilines is 2. The highest BCUT2D eigenvalue weighted by molar-refractivity contribution is 6.14. The van der Waals surface area contributed by atoms with Crippen LogP contribution in [0, 0.1) is 6.92 Å². The lowest BCUT2D eigenvalue weighted by Gasteiger charge is -2.12. The van der Waals surface area contributed by atoms with Gasteiger partial charge in [-0.15, -0.1) is 0 Å². The quantitative estimate of drug-likeness (QED) is 0.572. The zero-order chi connectivity index (χ0) is 21.7. The second-order valence-corrected chi connectivity index (χ2v) is 7.16. The van der Waals surface area contributed by atoms with E-state index in [9.17, 15) is 14.4 Å². The molecule has 154 valence electrons. The molecule has 0 aliphatic carbocycles. The Kier molecular flexibility index (Phi) is 6.32. The number of hydrogen-bond donors (Lipinski definition) is 2. The fourth-order valence-electron chi connectivity index (χ4n) is 2.94. The topological polar surface area (TPSA) is 81.8 Å². The molecule has 0 radical (unpaired) electrons. The van der Waals surface area contributed by atoms with E-state index in [1.807, 2.05) is 74.5 Å². The molecule has 2 aromatic carbocycles. The van der Waals surface area contributed by atoms with Crippen molar-refractivity contribution in [3.05, 3.63) is 77.5 Å². The monoisotopic (exact) mass is 404 g/mol. The van der Waals surface area contributed by atoms with E-state index in [1.54, 1.807) is 12.1 Å². The van der Waals surface area contributed by atoms with Crippen molar-refractivity contribution < 1.29 is 14.4 Å². The Morgan fingerprint density at radius 3 is 2.53 bits per heavy atom. The summed E-state index contributed by atoms with van der Waals surface area (Å²) in [7, 11) is 3.94. The summed E-state index contributed by atoms with van der Waals surface area (Å²) in [5, 5.41) is 5.20. The summed E-state index contributed by atoms with van der Waals surface area (Å²) in [6.07, 6.45) is 5.05. The van der Waals surface area contributed by atoms with E-state index in [0.717, 1.165) is 21.7 Å². The molecule has 0 unspecified atom stereocenters. The second-order valence-electron chi connectivity index (χ2n) is 7.16. The van der Waals surface area contributed by atoms with Crippen molar-refractivity contribution in [2.45, 2.75) is 6.92 Å². The van der Waals surface area contributed by atoms with Gasteiger partial charge in [-0.25, -0.2) is 9.69 Å². The summed E-state index contributed by atoms with van der Waals surface area (Å²) < 4.78 is 0. The van der Waals surface area contributed by atoms with Crippen molar-refractivity contribution in [3.63, 3.8) is 0 Å². The Balaban J connectivity index is 1.61. The molecule has 0 aromatic heterocycles. The first-order valence-electron chi connectivity index (χ1n) is 9.48. The minimum absolute atomic E-state index is 0.129. The normalized spacial score (nSPS) is 15.0. The van der Waals surface area contributed by atoms with Gasteiger partial charge in [-0.3, -0.25) is 9.59 Å². The third-order valence-electron chi connectivity index (χ3n) is 4.53. The standard InChI is InChI=1S/C23H24N4O3/c1-16-6-4-8-18(14-16)24-21(28)15-27-22(29)20(25-23(27)30)9-5-7-17-10-12-19(13-11-17)26(2)3/h4-14H,15H2,1-3H3,(H,24,28)(H,25,30)/b7-5+,20-9+. The van der Waals surface area contributed by atoms with Crippen LogP contribution in [0.15, 0.2) is 66.4 Å². The van der Waals surface area contributed by atoms with E-state index < -0.39 is 17.8 Å². The smallest absolute Gasteiger partial charge is 0.329 e. The first-order valence-corrected chi connectivity index (χ1v) is 9.48. The number of hydrogen-bond acceptors (Lipinski definition) is 4. The predicted octanol–water partition coefficient (Wildman–Crippen LogP) is 3.15. The van der Waals surface area contributed by atoms with Gasteiger partial charge in [0, 0.05) is 25.5 Å². The number of nitrogens with one attached hydrogen (secondary N) is 2. The molecule has 4 amide bonds. The van der Waals surface area contributed by atoms with E-state index in [-0.39, 0.29) is 12.2 Å². The summed E-state index contributed by atoms with van der Waals surface area (Å²) in [5.41, 5.74) is 3.79. The SMILES string of the molecule is Cc1cccc(NC(=O)CN2C(=O)N/C(=C/C=C/c3ccc(N(C)C)cc3)C2=O)c1. The molecule has 3 rings (SSSR count). The molecule has 0 saturated carbocycles. The van der Waals surface area contributed by atoms with Gasteiger partial charge in [0.25, 0.3) is 5.91 Å². The van der Waals surface area contributed by atoms with Crippen LogP contribution in [0.3, 0.4) is 0 Å². The third kappa shape index (κ3) is 5.14. The highest BCUT2D eigenvalue weighted by Gasteiger charge is 2.34. The largest absolute Gasteiger partial charge is 0.378 e. The van der Waals surface area contributed by atoms with Crippen LogP contribution in [0.1, 0.15) is 11.1 Å². The van der Waals surface area contributed by atoms with Gasteiger partial charge in [0.1, 0.15) is 12.2 Å². The van der Waals surface area contributed by atoms with E-state index >= 15 is 0 Å². The van der Waals surface area contributed by atoms with Gasteiger partial charge in [-0.2, -0.15) is 0 Å². The third-order valence-corrected chi connectivity index (χ3v) is 4.53. The zero-order valence-corrected chi connectivity index (χ0v) is 17.2. The minimum atomic E-state index is -0.616. The highest BCUT2D eigenvalue weighted by atomic mass is 16.2. The van der Waals surface area contributed by atoms with Crippen LogP contribution in [0.25, 0.3) is 6.08 Å². The maximum Gasteiger partial charge on any atom is 0.329 e. The van der Waals surface area contributed by atoms with Crippen LogP contribution < -0.4 is 15.5 Å². The van der Waals surface area contributed by atoms with Crippen molar-refractivity contribution in [1.82, 2.24) is 10.2 Å². The van der Waals surface area contributed by atoms with E-state index in [1.165, 1.54) is 6.08 Å². The number of amides is 4. The Labute approximate surface area is 175 Å². The van der Waals surface area contributed by atoms with Gasteiger partial charge >= 0.3 is 6.03 Å². The molecule has 0 atom stereocenters. The first kappa shape index (κ1) is 20.9. The molecule has 1 fully saturated rings.